The number of amidine groups is 1. The van der Waals surface area contributed by atoms with E-state index >= 15 is 4.39 Å². The molecule has 0 radical (unpaired) electrons. The number of methoxy groups -OCH3 is 1. The Morgan fingerprint density at radius 3 is 2.56 bits per heavy atom. The van der Waals surface area contributed by atoms with Crippen LogP contribution in [0.15, 0.2) is 30.6 Å². The highest BCUT2D eigenvalue weighted by Crippen LogP contribution is 2.26. The van der Waals surface area contributed by atoms with E-state index in [1.165, 1.54) is 0 Å². The van der Waals surface area contributed by atoms with E-state index in [9.17, 15) is 4.79 Å². The van der Waals surface area contributed by atoms with Crippen LogP contribution in [0.4, 0.5) is 21.7 Å². The van der Waals surface area contributed by atoms with E-state index in [1.54, 1.807) is 25.3 Å². The van der Waals surface area contributed by atoms with Gasteiger partial charge in [0.1, 0.15) is 18.9 Å². The molecule has 11 heteroatoms. The van der Waals surface area contributed by atoms with Crippen molar-refractivity contribution in [2.45, 2.75) is 25.6 Å². The lowest BCUT2D eigenvalue weighted by molar-refractivity contribution is -0.143. The predicted octanol–water partition coefficient (Wildman–Crippen LogP) is 1.54. The lowest BCUT2D eigenvalue weighted by atomic mass is 10.1. The van der Waals surface area contributed by atoms with Crippen LogP contribution in [0.2, 0.25) is 0 Å². The molecule has 10 nitrogen and oxygen atoms in total. The average molecular weight is 472 g/mol. The fraction of sp³-hybridized carbons (Fsp3) is 0.478. The minimum atomic E-state index is -0.649. The maximum absolute atomic E-state index is 15.2. The summed E-state index contributed by atoms with van der Waals surface area (Å²) >= 11 is 0. The van der Waals surface area contributed by atoms with Gasteiger partial charge in [0.2, 0.25) is 5.95 Å². The van der Waals surface area contributed by atoms with Gasteiger partial charge in [-0.3, -0.25) is 10.2 Å². The largest absolute Gasteiger partial charge is 0.460 e. The van der Waals surface area contributed by atoms with E-state index in [0.29, 0.717) is 36.8 Å². The van der Waals surface area contributed by atoms with E-state index < -0.39 is 11.8 Å². The number of ether oxygens (including phenoxy) is 2. The van der Waals surface area contributed by atoms with Crippen molar-refractivity contribution in [1.82, 2.24) is 9.97 Å². The molecular formula is C23H30FN7O3. The molecule has 0 unspecified atom stereocenters. The zero-order valence-corrected chi connectivity index (χ0v) is 19.2. The summed E-state index contributed by atoms with van der Waals surface area (Å²) in [5, 5.41) is 7.15. The fourth-order valence-electron chi connectivity index (χ4n) is 4.09. The van der Waals surface area contributed by atoms with Gasteiger partial charge < -0.3 is 29.9 Å². The number of halogens is 1. The zero-order chi connectivity index (χ0) is 24.1. The summed E-state index contributed by atoms with van der Waals surface area (Å²) < 4.78 is 25.5. The number of benzene rings is 1. The average Bonchev–Trinajstić information content (AvgIpc) is 3.04. The van der Waals surface area contributed by atoms with Gasteiger partial charge in [0.15, 0.2) is 5.82 Å². The summed E-state index contributed by atoms with van der Waals surface area (Å²) in [4.78, 5) is 27.0. The Balaban J connectivity index is 1.36. The maximum atomic E-state index is 15.2. The first kappa shape index (κ1) is 23.7. The van der Waals surface area contributed by atoms with Crippen LogP contribution in [0.1, 0.15) is 18.4 Å². The van der Waals surface area contributed by atoms with Crippen LogP contribution >= 0.6 is 0 Å². The Morgan fingerprint density at radius 1 is 1.15 bits per heavy atom. The van der Waals surface area contributed by atoms with Crippen LogP contribution in [-0.4, -0.2) is 74.3 Å². The minimum Gasteiger partial charge on any atom is -0.460 e. The van der Waals surface area contributed by atoms with Crippen molar-refractivity contribution in [2.75, 3.05) is 61.1 Å². The maximum Gasteiger partial charge on any atom is 0.313 e. The van der Waals surface area contributed by atoms with Crippen molar-refractivity contribution in [1.29, 1.82) is 5.41 Å². The van der Waals surface area contributed by atoms with E-state index in [2.05, 4.69) is 19.8 Å². The normalized spacial score (nSPS) is 16.7. The van der Waals surface area contributed by atoms with Gasteiger partial charge in [-0.05, 0) is 12.5 Å². The van der Waals surface area contributed by atoms with Crippen molar-refractivity contribution in [3.8, 4) is 0 Å². The molecule has 0 aliphatic carbocycles. The molecule has 2 aromatic rings. The second-order valence-electron chi connectivity index (χ2n) is 8.44. The topological polar surface area (TPSA) is 121 Å². The molecule has 3 heterocycles. The third-order valence-corrected chi connectivity index (χ3v) is 6.07. The number of carbonyl (C=O) groups excluding carboxylic acids is 1. The highest BCUT2D eigenvalue weighted by atomic mass is 19.1. The number of hydrogen-bond donors (Lipinski definition) is 2. The molecule has 1 aromatic heterocycles. The van der Waals surface area contributed by atoms with E-state index in [-0.39, 0.29) is 25.0 Å². The summed E-state index contributed by atoms with van der Waals surface area (Å²) in [6.07, 6.45) is 4.47. The third-order valence-electron chi connectivity index (χ3n) is 6.07. The molecule has 2 aliphatic heterocycles. The number of aromatic nitrogens is 2. The molecule has 1 aromatic carbocycles. The Hall–Kier alpha value is -3.47. The molecule has 2 saturated heterocycles. The smallest absolute Gasteiger partial charge is 0.313 e. The summed E-state index contributed by atoms with van der Waals surface area (Å²) in [5.41, 5.74) is 6.93. The summed E-state index contributed by atoms with van der Waals surface area (Å²) in [6, 6.07) is 5.09. The van der Waals surface area contributed by atoms with E-state index in [4.69, 9.17) is 20.6 Å². The van der Waals surface area contributed by atoms with Crippen molar-refractivity contribution in [3.63, 3.8) is 0 Å². The van der Waals surface area contributed by atoms with Gasteiger partial charge in [-0.2, -0.15) is 0 Å². The number of nitrogens with one attached hydrogen (secondary N) is 1. The van der Waals surface area contributed by atoms with Gasteiger partial charge >= 0.3 is 5.97 Å². The second kappa shape index (κ2) is 10.6. The van der Waals surface area contributed by atoms with Crippen molar-refractivity contribution < 1.29 is 18.7 Å². The summed E-state index contributed by atoms with van der Waals surface area (Å²) in [7, 11) is 1.71. The van der Waals surface area contributed by atoms with Crippen LogP contribution < -0.4 is 20.4 Å². The Bertz CT molecular complexity index is 1010. The molecule has 182 valence electrons. The zero-order valence-electron chi connectivity index (χ0n) is 19.2. The van der Waals surface area contributed by atoms with Gasteiger partial charge in [0.05, 0.1) is 29.9 Å². The fourth-order valence-corrected chi connectivity index (χ4v) is 4.09. The molecule has 0 amide bonds. The standard InChI is InChI=1S/C23H30FN7O3/c1-33-18-13-31(14-18)23-27-11-17(12-28-23)29-6-3-7-30(9-8-29)19-5-2-4-16(22(19)24)15-34-21(32)10-20(25)26/h2,4-5,11-12,18H,3,6-10,13-15H2,1H3,(H3,25,26). The molecule has 3 N–H and O–H groups in total. The summed E-state index contributed by atoms with van der Waals surface area (Å²) in [5.74, 6) is -0.628. The van der Waals surface area contributed by atoms with Crippen molar-refractivity contribution in [2.24, 2.45) is 5.73 Å². The van der Waals surface area contributed by atoms with Gasteiger partial charge in [-0.15, -0.1) is 0 Å². The van der Waals surface area contributed by atoms with Gasteiger partial charge in [0.25, 0.3) is 0 Å². The molecule has 2 fully saturated rings. The van der Waals surface area contributed by atoms with Crippen molar-refractivity contribution >= 4 is 29.1 Å². The third kappa shape index (κ3) is 5.53. The highest BCUT2D eigenvalue weighted by Gasteiger charge is 2.28. The van der Waals surface area contributed by atoms with E-state index in [1.807, 2.05) is 17.3 Å². The Kier molecular flexibility index (Phi) is 7.41. The molecule has 0 atom stereocenters. The molecule has 4 rings (SSSR count). The molecule has 2 aliphatic rings. The monoisotopic (exact) mass is 471 g/mol. The lowest BCUT2D eigenvalue weighted by Crippen LogP contribution is -2.52. The van der Waals surface area contributed by atoms with Gasteiger partial charge in [0, 0.05) is 51.9 Å². The van der Waals surface area contributed by atoms with Crippen LogP contribution in [-0.2, 0) is 20.9 Å². The number of carbonyl (C=O) groups is 1. The lowest BCUT2D eigenvalue weighted by Gasteiger charge is -2.38. The first-order valence-electron chi connectivity index (χ1n) is 11.3. The Labute approximate surface area is 198 Å². The summed E-state index contributed by atoms with van der Waals surface area (Å²) in [6.45, 7) is 4.26. The molecule has 0 bridgehead atoms. The highest BCUT2D eigenvalue weighted by molar-refractivity contribution is 5.94. The first-order valence-corrected chi connectivity index (χ1v) is 11.3. The molecular weight excluding hydrogens is 441 g/mol. The van der Waals surface area contributed by atoms with Crippen LogP contribution in [0.5, 0.6) is 0 Å². The molecule has 34 heavy (non-hydrogen) atoms. The quantitative estimate of drug-likeness (QED) is 0.335. The SMILES string of the molecule is COC1CN(c2ncc(N3CCCN(c4cccc(COC(=O)CC(=N)N)c4F)CC3)cn2)C1. The minimum absolute atomic E-state index is 0.197. The first-order chi connectivity index (χ1) is 16.4. The van der Waals surface area contributed by atoms with Gasteiger partial charge in [-0.1, -0.05) is 12.1 Å². The number of nitrogens with two attached hydrogens (primary N) is 1. The molecule has 0 spiro atoms. The van der Waals surface area contributed by atoms with Crippen molar-refractivity contribution in [3.05, 3.63) is 42.0 Å². The van der Waals surface area contributed by atoms with Crippen LogP contribution in [0.25, 0.3) is 0 Å². The number of anilines is 3. The van der Waals surface area contributed by atoms with E-state index in [0.717, 1.165) is 31.7 Å². The second-order valence-corrected chi connectivity index (χ2v) is 8.44. The predicted molar refractivity (Wildman–Crippen MR) is 127 cm³/mol. The number of rotatable bonds is 8. The number of esters is 1. The van der Waals surface area contributed by atoms with Crippen LogP contribution in [0.3, 0.4) is 0 Å². The Morgan fingerprint density at radius 2 is 1.85 bits per heavy atom. The van der Waals surface area contributed by atoms with Gasteiger partial charge in [-0.25, -0.2) is 14.4 Å². The molecule has 0 saturated carbocycles. The number of nitrogens with zero attached hydrogens (tertiary/aromatic N) is 5. The number of hydrogen-bond acceptors (Lipinski definition) is 9. The van der Waals surface area contributed by atoms with Crippen LogP contribution in [0, 0.1) is 11.2 Å².